The number of nitrogens with zero attached hydrogens (tertiary/aromatic N) is 1. The maximum absolute atomic E-state index is 12.5. The molecule has 0 bridgehead atoms. The molecule has 1 aliphatic carbocycles. The highest BCUT2D eigenvalue weighted by Crippen LogP contribution is 2.36. The van der Waals surface area contributed by atoms with E-state index in [0.29, 0.717) is 23.4 Å². The zero-order valence-corrected chi connectivity index (χ0v) is 16.5. The molecule has 150 valence electrons. The Kier molecular flexibility index (Phi) is 5.60. The number of carbonyl (C=O) groups excluding carboxylic acids is 2. The number of rotatable bonds is 5. The molecule has 2 aromatic carbocycles. The Morgan fingerprint density at radius 2 is 1.76 bits per heavy atom. The topological polar surface area (TPSA) is 84.2 Å². The van der Waals surface area contributed by atoms with E-state index in [-0.39, 0.29) is 23.5 Å². The van der Waals surface area contributed by atoms with Crippen LogP contribution in [0.3, 0.4) is 0 Å². The first-order valence-corrected chi connectivity index (χ1v) is 10.2. The predicted octanol–water partition coefficient (Wildman–Crippen LogP) is 4.49. The van der Waals surface area contributed by atoms with Crippen molar-refractivity contribution in [3.8, 4) is 0 Å². The number of fused-ring (bicyclic) bond motifs is 1. The third-order valence-electron chi connectivity index (χ3n) is 5.68. The minimum absolute atomic E-state index is 0.140. The van der Waals surface area contributed by atoms with Crippen LogP contribution < -0.4 is 10.6 Å². The van der Waals surface area contributed by atoms with Gasteiger partial charge in [-0.3, -0.25) is 9.59 Å². The van der Waals surface area contributed by atoms with Gasteiger partial charge in [-0.05, 0) is 68.4 Å². The Morgan fingerprint density at radius 1 is 1.03 bits per heavy atom. The van der Waals surface area contributed by atoms with Gasteiger partial charge in [0.05, 0.1) is 5.39 Å². The van der Waals surface area contributed by atoms with Crippen molar-refractivity contribution in [1.29, 1.82) is 0 Å². The molecular formula is C23H25N3O3. The first-order valence-electron chi connectivity index (χ1n) is 10.2. The van der Waals surface area contributed by atoms with E-state index in [9.17, 15) is 9.59 Å². The van der Waals surface area contributed by atoms with Gasteiger partial charge in [0.25, 0.3) is 5.91 Å². The molecule has 0 spiro atoms. The molecule has 0 unspecified atom stereocenters. The number of hydrogen-bond acceptors (Lipinski definition) is 4. The lowest BCUT2D eigenvalue weighted by Crippen LogP contribution is -2.32. The van der Waals surface area contributed by atoms with Crippen LogP contribution in [0.15, 0.2) is 53.1 Å². The average molecular weight is 391 g/mol. The number of carbonyl (C=O) groups is 2. The molecule has 29 heavy (non-hydrogen) atoms. The summed E-state index contributed by atoms with van der Waals surface area (Å²) in [4.78, 5) is 24.6. The summed E-state index contributed by atoms with van der Waals surface area (Å²) >= 11 is 0. The van der Waals surface area contributed by atoms with Crippen LogP contribution in [0.4, 0.5) is 5.69 Å². The Balaban J connectivity index is 1.37. The van der Waals surface area contributed by atoms with Gasteiger partial charge in [0.15, 0.2) is 0 Å². The quantitative estimate of drug-likeness (QED) is 0.671. The van der Waals surface area contributed by atoms with Crippen LogP contribution in [0.2, 0.25) is 0 Å². The number of hydrogen-bond donors (Lipinski definition) is 2. The molecule has 6 heteroatoms. The van der Waals surface area contributed by atoms with Gasteiger partial charge < -0.3 is 15.2 Å². The summed E-state index contributed by atoms with van der Waals surface area (Å²) < 4.78 is 5.22. The predicted molar refractivity (Wildman–Crippen MR) is 112 cm³/mol. The molecule has 0 saturated heterocycles. The van der Waals surface area contributed by atoms with Crippen molar-refractivity contribution in [1.82, 2.24) is 10.5 Å². The molecule has 0 atom stereocenters. The molecule has 2 N–H and O–H groups in total. The maximum atomic E-state index is 12.5. The lowest BCUT2D eigenvalue weighted by molar-refractivity contribution is -0.125. The summed E-state index contributed by atoms with van der Waals surface area (Å²) in [6.45, 7) is 2.64. The highest BCUT2D eigenvalue weighted by Gasteiger charge is 2.26. The molecule has 6 nitrogen and oxygen atoms in total. The molecule has 1 aromatic heterocycles. The Bertz CT molecular complexity index is 1000. The monoisotopic (exact) mass is 391 g/mol. The van der Waals surface area contributed by atoms with Crippen molar-refractivity contribution in [3.05, 3.63) is 59.9 Å². The van der Waals surface area contributed by atoms with Gasteiger partial charge in [0, 0.05) is 18.2 Å². The standard InChI is InChI=1S/C23H25N3O3/c1-2-24-22(27)17-9-7-15(8-10-17)16-11-13-18(14-12-16)25-23(28)21-19-5-3-4-6-20(19)26-29-21/h3-6,11-15,17H,2,7-10H2,1H3,(H,24,27)(H,25,28). The summed E-state index contributed by atoms with van der Waals surface area (Å²) in [6, 6.07) is 15.3. The smallest absolute Gasteiger partial charge is 0.294 e. The van der Waals surface area contributed by atoms with Gasteiger partial charge >= 0.3 is 0 Å². The number of nitrogens with one attached hydrogen (secondary N) is 2. The highest BCUT2D eigenvalue weighted by atomic mass is 16.5. The minimum Gasteiger partial charge on any atom is -0.356 e. The Hall–Kier alpha value is -3.15. The average Bonchev–Trinajstić information content (AvgIpc) is 3.19. The number of amides is 2. The second-order valence-electron chi connectivity index (χ2n) is 7.55. The zero-order chi connectivity index (χ0) is 20.2. The number of aromatic nitrogens is 1. The maximum Gasteiger partial charge on any atom is 0.294 e. The normalized spacial score (nSPS) is 19.1. The van der Waals surface area contributed by atoms with Gasteiger partial charge in [-0.25, -0.2) is 0 Å². The second kappa shape index (κ2) is 8.47. The lowest BCUT2D eigenvalue weighted by Gasteiger charge is -2.28. The van der Waals surface area contributed by atoms with E-state index in [1.165, 1.54) is 5.56 Å². The van der Waals surface area contributed by atoms with Gasteiger partial charge in [0.1, 0.15) is 5.52 Å². The summed E-state index contributed by atoms with van der Waals surface area (Å²) in [6.07, 6.45) is 3.87. The van der Waals surface area contributed by atoms with E-state index in [1.54, 1.807) is 0 Å². The molecule has 2 amide bonds. The van der Waals surface area contributed by atoms with Crippen LogP contribution in [-0.4, -0.2) is 23.5 Å². The van der Waals surface area contributed by atoms with Crippen LogP contribution in [0.1, 0.15) is 54.6 Å². The van der Waals surface area contributed by atoms with Crippen molar-refractivity contribution < 1.29 is 14.1 Å². The van der Waals surface area contributed by atoms with Crippen molar-refractivity contribution in [3.63, 3.8) is 0 Å². The zero-order valence-electron chi connectivity index (χ0n) is 16.5. The van der Waals surface area contributed by atoms with Crippen LogP contribution in [0, 0.1) is 5.92 Å². The van der Waals surface area contributed by atoms with E-state index in [4.69, 9.17) is 4.52 Å². The molecule has 0 radical (unpaired) electrons. The van der Waals surface area contributed by atoms with E-state index < -0.39 is 0 Å². The van der Waals surface area contributed by atoms with Crippen molar-refractivity contribution in [2.24, 2.45) is 5.92 Å². The van der Waals surface area contributed by atoms with Crippen LogP contribution in [-0.2, 0) is 4.79 Å². The molecule has 0 aliphatic heterocycles. The van der Waals surface area contributed by atoms with E-state index in [0.717, 1.165) is 31.4 Å². The third-order valence-corrected chi connectivity index (χ3v) is 5.68. The Morgan fingerprint density at radius 3 is 2.48 bits per heavy atom. The molecule has 4 rings (SSSR count). The van der Waals surface area contributed by atoms with Crippen molar-refractivity contribution in [2.45, 2.75) is 38.5 Å². The van der Waals surface area contributed by atoms with Gasteiger partial charge in [0.2, 0.25) is 11.7 Å². The molecule has 3 aromatic rings. The van der Waals surface area contributed by atoms with Crippen molar-refractivity contribution >= 4 is 28.4 Å². The first kappa shape index (κ1) is 19.2. The highest BCUT2D eigenvalue weighted by molar-refractivity contribution is 6.10. The molecular weight excluding hydrogens is 366 g/mol. The third kappa shape index (κ3) is 4.16. The van der Waals surface area contributed by atoms with Crippen molar-refractivity contribution in [2.75, 3.05) is 11.9 Å². The van der Waals surface area contributed by atoms with Gasteiger partial charge in [-0.15, -0.1) is 0 Å². The molecule has 1 aliphatic rings. The summed E-state index contributed by atoms with van der Waals surface area (Å²) in [5.41, 5.74) is 2.63. The largest absolute Gasteiger partial charge is 0.356 e. The SMILES string of the molecule is CCNC(=O)C1CCC(c2ccc(NC(=O)c3onc4ccccc34)cc2)CC1. The molecule has 1 saturated carbocycles. The fraction of sp³-hybridized carbons (Fsp3) is 0.348. The summed E-state index contributed by atoms with van der Waals surface area (Å²) in [7, 11) is 0. The molecule has 1 heterocycles. The fourth-order valence-corrected chi connectivity index (χ4v) is 4.09. The fourth-order valence-electron chi connectivity index (χ4n) is 4.09. The van der Waals surface area contributed by atoms with Gasteiger partial charge in [-0.2, -0.15) is 0 Å². The van der Waals surface area contributed by atoms with Crippen LogP contribution in [0.5, 0.6) is 0 Å². The summed E-state index contributed by atoms with van der Waals surface area (Å²) in [5, 5.41) is 10.4. The number of anilines is 1. The molecule has 1 fully saturated rings. The number of benzene rings is 2. The summed E-state index contributed by atoms with van der Waals surface area (Å²) in [5.74, 6) is 0.691. The second-order valence-corrected chi connectivity index (χ2v) is 7.55. The van der Waals surface area contributed by atoms with E-state index >= 15 is 0 Å². The lowest BCUT2D eigenvalue weighted by atomic mass is 9.78. The van der Waals surface area contributed by atoms with Crippen LogP contribution in [0.25, 0.3) is 10.9 Å². The first-order chi connectivity index (χ1) is 14.2. The Labute approximate surface area is 169 Å². The van der Waals surface area contributed by atoms with E-state index in [2.05, 4.69) is 27.9 Å². The van der Waals surface area contributed by atoms with E-state index in [1.807, 2.05) is 43.3 Å². The van der Waals surface area contributed by atoms with Crippen LogP contribution >= 0.6 is 0 Å². The van der Waals surface area contributed by atoms with Gasteiger partial charge in [-0.1, -0.05) is 29.4 Å². The minimum atomic E-state index is -0.311.